The summed E-state index contributed by atoms with van der Waals surface area (Å²) in [6.45, 7) is 1.89. The number of rotatable bonds is 9. The number of hydrogen-bond acceptors (Lipinski definition) is 6. The maximum absolute atomic E-state index is 13.5. The molecule has 0 fully saturated rings. The molecular weight excluding hydrogens is 488 g/mol. The van der Waals surface area contributed by atoms with Gasteiger partial charge in [0.1, 0.15) is 22.1 Å². The van der Waals surface area contributed by atoms with E-state index >= 15 is 0 Å². The Kier molecular flexibility index (Phi) is 7.84. The van der Waals surface area contributed by atoms with Gasteiger partial charge in [0.25, 0.3) is 0 Å². The van der Waals surface area contributed by atoms with Gasteiger partial charge in [-0.2, -0.15) is 8.42 Å². The lowest BCUT2D eigenvalue weighted by atomic mass is 9.94. The van der Waals surface area contributed by atoms with E-state index in [2.05, 4.69) is 0 Å². The molecule has 4 aromatic carbocycles. The maximum atomic E-state index is 13.5. The normalized spacial score (nSPS) is 10.9. The molecule has 0 spiro atoms. The SMILES string of the molecule is COc1ccc(C(OS(=O)(=O)c2ccc(C)cc2)=C(c2ccc(OC)cc2)c2ccc(OC)cc2)cc1. The highest BCUT2D eigenvalue weighted by atomic mass is 32.2. The number of benzene rings is 4. The van der Waals surface area contributed by atoms with Crippen LogP contribution in [-0.4, -0.2) is 29.7 Å². The van der Waals surface area contributed by atoms with Crippen LogP contribution in [0.15, 0.2) is 102 Å². The Morgan fingerprint density at radius 3 is 1.30 bits per heavy atom. The molecule has 0 unspecified atom stereocenters. The first kappa shape index (κ1) is 25.9. The van der Waals surface area contributed by atoms with Crippen molar-refractivity contribution >= 4 is 21.5 Å². The van der Waals surface area contributed by atoms with E-state index < -0.39 is 10.1 Å². The van der Waals surface area contributed by atoms with Crippen molar-refractivity contribution in [2.75, 3.05) is 21.3 Å². The van der Waals surface area contributed by atoms with Gasteiger partial charge < -0.3 is 18.4 Å². The third-order valence-corrected chi connectivity index (χ3v) is 7.07. The van der Waals surface area contributed by atoms with Crippen molar-refractivity contribution in [3.8, 4) is 17.2 Å². The number of methoxy groups -OCH3 is 3. The summed E-state index contributed by atoms with van der Waals surface area (Å²) in [5, 5.41) is 0. The highest BCUT2D eigenvalue weighted by Crippen LogP contribution is 2.37. The predicted octanol–water partition coefficient (Wildman–Crippen LogP) is 6.34. The Morgan fingerprint density at radius 1 is 0.541 bits per heavy atom. The lowest BCUT2D eigenvalue weighted by molar-refractivity contribution is 0.414. The summed E-state index contributed by atoms with van der Waals surface area (Å²) in [7, 11) is 0.593. The lowest BCUT2D eigenvalue weighted by Gasteiger charge is -2.18. The fraction of sp³-hybridized carbons (Fsp3) is 0.133. The first-order valence-corrected chi connectivity index (χ1v) is 12.9. The minimum atomic E-state index is -4.17. The van der Waals surface area contributed by atoms with E-state index in [4.69, 9.17) is 18.4 Å². The number of hydrogen-bond donors (Lipinski definition) is 0. The molecule has 0 amide bonds. The first-order valence-electron chi connectivity index (χ1n) is 11.5. The molecule has 190 valence electrons. The molecule has 6 nitrogen and oxygen atoms in total. The van der Waals surface area contributed by atoms with Crippen LogP contribution in [0.4, 0.5) is 0 Å². The molecule has 0 atom stereocenters. The molecule has 0 aliphatic carbocycles. The van der Waals surface area contributed by atoms with Crippen LogP contribution in [0.5, 0.6) is 17.2 Å². The predicted molar refractivity (Wildman–Crippen MR) is 144 cm³/mol. The highest BCUT2D eigenvalue weighted by Gasteiger charge is 2.24. The first-order chi connectivity index (χ1) is 17.8. The molecule has 4 rings (SSSR count). The van der Waals surface area contributed by atoms with Crippen LogP contribution in [0.3, 0.4) is 0 Å². The summed E-state index contributed by atoms with van der Waals surface area (Å²) in [6, 6.07) is 28.3. The fourth-order valence-electron chi connectivity index (χ4n) is 3.78. The zero-order chi connectivity index (χ0) is 26.4. The molecule has 0 saturated heterocycles. The topological polar surface area (TPSA) is 71.1 Å². The van der Waals surface area contributed by atoms with Crippen LogP contribution >= 0.6 is 0 Å². The second-order valence-corrected chi connectivity index (χ2v) is 9.79. The van der Waals surface area contributed by atoms with Crippen LogP contribution in [0.2, 0.25) is 0 Å². The number of aryl methyl sites for hydroxylation is 1. The summed E-state index contributed by atoms with van der Waals surface area (Å²) in [4.78, 5) is 0.0629. The summed E-state index contributed by atoms with van der Waals surface area (Å²) in [5.41, 5.74) is 3.60. The zero-order valence-electron chi connectivity index (χ0n) is 21.1. The summed E-state index contributed by atoms with van der Waals surface area (Å²) < 4.78 is 48.9. The Balaban J connectivity index is 1.98. The third kappa shape index (κ3) is 5.95. The second-order valence-electron chi connectivity index (χ2n) is 8.24. The Bertz CT molecular complexity index is 1420. The smallest absolute Gasteiger partial charge is 0.339 e. The molecule has 0 heterocycles. The third-order valence-electron chi connectivity index (χ3n) is 5.84. The zero-order valence-corrected chi connectivity index (χ0v) is 21.9. The van der Waals surface area contributed by atoms with Crippen LogP contribution < -0.4 is 14.2 Å². The van der Waals surface area contributed by atoms with Gasteiger partial charge in [-0.25, -0.2) is 0 Å². The van der Waals surface area contributed by atoms with Gasteiger partial charge in [-0.15, -0.1) is 0 Å². The van der Waals surface area contributed by atoms with Crippen molar-refractivity contribution in [1.82, 2.24) is 0 Å². The molecule has 7 heteroatoms. The van der Waals surface area contributed by atoms with E-state index in [0.717, 1.165) is 16.7 Å². The van der Waals surface area contributed by atoms with Crippen LogP contribution in [0.1, 0.15) is 22.3 Å². The van der Waals surface area contributed by atoms with E-state index in [1.165, 1.54) is 12.1 Å². The van der Waals surface area contributed by atoms with Gasteiger partial charge >= 0.3 is 10.1 Å². The minimum Gasteiger partial charge on any atom is -0.497 e. The Hall–Kier alpha value is -4.23. The molecule has 0 N–H and O–H groups in total. The van der Waals surface area contributed by atoms with Crippen LogP contribution in [-0.2, 0) is 14.3 Å². The van der Waals surface area contributed by atoms with Gasteiger partial charge in [0.05, 0.1) is 21.3 Å². The van der Waals surface area contributed by atoms with Gasteiger partial charge in [-0.1, -0.05) is 42.0 Å². The van der Waals surface area contributed by atoms with Crippen LogP contribution in [0.25, 0.3) is 11.3 Å². The van der Waals surface area contributed by atoms with Crippen molar-refractivity contribution in [2.45, 2.75) is 11.8 Å². The van der Waals surface area contributed by atoms with Gasteiger partial charge in [0.2, 0.25) is 0 Å². The average Bonchev–Trinajstić information content (AvgIpc) is 2.93. The molecule has 0 aliphatic rings. The molecule has 0 aromatic heterocycles. The van der Waals surface area contributed by atoms with Crippen molar-refractivity contribution in [1.29, 1.82) is 0 Å². The summed E-state index contributed by atoms with van der Waals surface area (Å²) in [5.74, 6) is 2.17. The van der Waals surface area contributed by atoms with E-state index in [0.29, 0.717) is 28.4 Å². The Morgan fingerprint density at radius 2 is 0.919 bits per heavy atom. The monoisotopic (exact) mass is 516 g/mol. The van der Waals surface area contributed by atoms with Gasteiger partial charge in [-0.05, 0) is 78.7 Å². The summed E-state index contributed by atoms with van der Waals surface area (Å²) in [6.07, 6.45) is 0. The molecule has 0 bridgehead atoms. The van der Waals surface area contributed by atoms with Gasteiger partial charge in [0, 0.05) is 11.1 Å². The van der Waals surface area contributed by atoms with Gasteiger partial charge in [-0.3, -0.25) is 0 Å². The van der Waals surface area contributed by atoms with Crippen molar-refractivity contribution in [2.24, 2.45) is 0 Å². The van der Waals surface area contributed by atoms with Crippen molar-refractivity contribution < 1.29 is 26.8 Å². The minimum absolute atomic E-state index is 0.0629. The highest BCUT2D eigenvalue weighted by molar-refractivity contribution is 7.87. The van der Waals surface area contributed by atoms with Crippen molar-refractivity contribution in [3.63, 3.8) is 0 Å². The second kappa shape index (κ2) is 11.2. The quantitative estimate of drug-likeness (QED) is 0.147. The molecule has 0 aliphatic heterocycles. The van der Waals surface area contributed by atoms with Crippen LogP contribution in [0, 0.1) is 6.92 Å². The fourth-order valence-corrected chi connectivity index (χ4v) is 4.75. The molecular formula is C30H28O6S. The molecule has 0 saturated carbocycles. The van der Waals surface area contributed by atoms with Crippen molar-refractivity contribution in [3.05, 3.63) is 119 Å². The lowest BCUT2D eigenvalue weighted by Crippen LogP contribution is -2.08. The molecule has 37 heavy (non-hydrogen) atoms. The molecule has 0 radical (unpaired) electrons. The maximum Gasteiger partial charge on any atom is 0.339 e. The van der Waals surface area contributed by atoms with E-state index in [1.54, 1.807) is 57.7 Å². The molecule has 4 aromatic rings. The van der Waals surface area contributed by atoms with E-state index in [-0.39, 0.29) is 10.7 Å². The van der Waals surface area contributed by atoms with Gasteiger partial charge in [0.15, 0.2) is 5.76 Å². The largest absolute Gasteiger partial charge is 0.497 e. The standard InChI is InChI=1S/C30H28O6S/c1-21-5-19-28(20-6-21)37(31,32)36-30(24-11-17-27(35-4)18-12-24)29(22-7-13-25(33-2)14-8-22)23-9-15-26(34-3)16-10-23/h5-20H,1-4H3. The number of ether oxygens (including phenoxy) is 3. The average molecular weight is 517 g/mol. The summed E-state index contributed by atoms with van der Waals surface area (Å²) >= 11 is 0. The van der Waals surface area contributed by atoms with E-state index in [9.17, 15) is 8.42 Å². The Labute approximate surface area is 217 Å². The van der Waals surface area contributed by atoms with E-state index in [1.807, 2.05) is 55.5 Å².